The van der Waals surface area contributed by atoms with Crippen molar-refractivity contribution in [3.05, 3.63) is 65.2 Å². The van der Waals surface area contributed by atoms with Crippen molar-refractivity contribution in [3.8, 4) is 11.5 Å². The third-order valence-corrected chi connectivity index (χ3v) is 3.88. The number of methoxy groups -OCH3 is 2. The molecule has 0 atom stereocenters. The van der Waals surface area contributed by atoms with Crippen LogP contribution >= 0.6 is 12.2 Å². The quantitative estimate of drug-likeness (QED) is 0.406. The van der Waals surface area contributed by atoms with Gasteiger partial charge in [-0.25, -0.2) is 0 Å². The zero-order valence-electron chi connectivity index (χ0n) is 15.7. The van der Waals surface area contributed by atoms with Gasteiger partial charge < -0.3 is 9.47 Å². The Morgan fingerprint density at radius 3 is 2.29 bits per heavy atom. The first-order chi connectivity index (χ1) is 13.4. The maximum atomic E-state index is 12.0. The van der Waals surface area contributed by atoms with Crippen LogP contribution in [0.4, 0.5) is 0 Å². The number of carbonyl (C=O) groups is 2. The number of aryl methyl sites for hydroxylation is 1. The summed E-state index contributed by atoms with van der Waals surface area (Å²) in [6.45, 7) is 1.93. The Hall–Kier alpha value is -3.39. The number of amides is 2. The SMILES string of the molecule is COc1ccc(/C=C/C(=O)NC(=S)NNC(=O)c2ccc(C)cc2)cc1OC. The van der Waals surface area contributed by atoms with E-state index < -0.39 is 5.91 Å². The summed E-state index contributed by atoms with van der Waals surface area (Å²) < 4.78 is 10.4. The van der Waals surface area contributed by atoms with Crippen LogP contribution < -0.4 is 25.6 Å². The predicted molar refractivity (Wildman–Crippen MR) is 111 cm³/mol. The van der Waals surface area contributed by atoms with Gasteiger partial charge in [0.15, 0.2) is 16.6 Å². The Labute approximate surface area is 168 Å². The van der Waals surface area contributed by atoms with Crippen LogP contribution in [0.5, 0.6) is 11.5 Å². The number of carbonyl (C=O) groups excluding carboxylic acids is 2. The molecule has 2 amide bonds. The van der Waals surface area contributed by atoms with Gasteiger partial charge >= 0.3 is 0 Å². The van der Waals surface area contributed by atoms with Crippen molar-refractivity contribution >= 4 is 35.2 Å². The Bertz CT molecular complexity index is 895. The van der Waals surface area contributed by atoms with Gasteiger partial charge in [-0.1, -0.05) is 23.8 Å². The van der Waals surface area contributed by atoms with Gasteiger partial charge in [-0.2, -0.15) is 0 Å². The molecule has 146 valence electrons. The summed E-state index contributed by atoms with van der Waals surface area (Å²) in [4.78, 5) is 24.0. The summed E-state index contributed by atoms with van der Waals surface area (Å²) in [5.41, 5.74) is 7.18. The number of nitrogens with one attached hydrogen (secondary N) is 3. The Kier molecular flexibility index (Phi) is 7.53. The molecule has 0 aliphatic heterocycles. The molecule has 0 spiro atoms. The lowest BCUT2D eigenvalue weighted by molar-refractivity contribution is -0.115. The number of hydrogen-bond donors (Lipinski definition) is 3. The molecule has 0 aliphatic rings. The van der Waals surface area contributed by atoms with E-state index in [1.807, 2.05) is 19.1 Å². The van der Waals surface area contributed by atoms with E-state index in [1.165, 1.54) is 13.2 Å². The van der Waals surface area contributed by atoms with Gasteiger partial charge in [-0.3, -0.25) is 25.8 Å². The summed E-state index contributed by atoms with van der Waals surface area (Å²) in [5.74, 6) is 0.342. The molecule has 28 heavy (non-hydrogen) atoms. The topological polar surface area (TPSA) is 88.7 Å². The van der Waals surface area contributed by atoms with E-state index in [-0.39, 0.29) is 11.0 Å². The Morgan fingerprint density at radius 2 is 1.64 bits per heavy atom. The lowest BCUT2D eigenvalue weighted by atomic mass is 10.1. The van der Waals surface area contributed by atoms with E-state index in [9.17, 15) is 9.59 Å². The standard InChI is InChI=1S/C20H21N3O4S/c1-13-4-8-15(9-5-13)19(25)22-23-20(28)21-18(24)11-7-14-6-10-16(26-2)17(12-14)27-3/h4-12H,1-3H3,(H,22,25)(H2,21,23,24,28)/b11-7+. The van der Waals surface area contributed by atoms with Crippen molar-refractivity contribution in [2.45, 2.75) is 6.92 Å². The number of hydrazine groups is 1. The highest BCUT2D eigenvalue weighted by atomic mass is 32.1. The minimum Gasteiger partial charge on any atom is -0.493 e. The Balaban J connectivity index is 1.85. The van der Waals surface area contributed by atoms with Crippen LogP contribution in [-0.2, 0) is 4.79 Å². The van der Waals surface area contributed by atoms with Gasteiger partial charge in [-0.05, 0) is 55.0 Å². The summed E-state index contributed by atoms with van der Waals surface area (Å²) in [6, 6.07) is 12.3. The van der Waals surface area contributed by atoms with Crippen molar-refractivity contribution in [1.82, 2.24) is 16.2 Å². The van der Waals surface area contributed by atoms with Crippen LogP contribution in [0.1, 0.15) is 21.5 Å². The van der Waals surface area contributed by atoms with Crippen molar-refractivity contribution in [2.75, 3.05) is 14.2 Å². The van der Waals surface area contributed by atoms with E-state index in [1.54, 1.807) is 43.5 Å². The third kappa shape index (κ3) is 6.10. The molecule has 0 saturated carbocycles. The van der Waals surface area contributed by atoms with E-state index in [2.05, 4.69) is 16.2 Å². The molecular weight excluding hydrogens is 378 g/mol. The third-order valence-electron chi connectivity index (χ3n) is 3.67. The van der Waals surface area contributed by atoms with Crippen LogP contribution in [0.2, 0.25) is 0 Å². The molecule has 0 unspecified atom stereocenters. The zero-order valence-corrected chi connectivity index (χ0v) is 16.6. The highest BCUT2D eigenvalue weighted by molar-refractivity contribution is 7.80. The van der Waals surface area contributed by atoms with Crippen LogP contribution in [-0.4, -0.2) is 31.1 Å². The van der Waals surface area contributed by atoms with Gasteiger partial charge in [0.25, 0.3) is 5.91 Å². The smallest absolute Gasteiger partial charge is 0.269 e. The van der Waals surface area contributed by atoms with Crippen LogP contribution in [0, 0.1) is 6.92 Å². The number of rotatable bonds is 5. The first-order valence-corrected chi connectivity index (χ1v) is 8.72. The van der Waals surface area contributed by atoms with E-state index >= 15 is 0 Å². The fraction of sp³-hybridized carbons (Fsp3) is 0.150. The van der Waals surface area contributed by atoms with Crippen LogP contribution in [0.3, 0.4) is 0 Å². The number of ether oxygens (including phenoxy) is 2. The Morgan fingerprint density at radius 1 is 0.964 bits per heavy atom. The highest BCUT2D eigenvalue weighted by Crippen LogP contribution is 2.27. The molecule has 0 aliphatic carbocycles. The van der Waals surface area contributed by atoms with E-state index in [4.69, 9.17) is 21.7 Å². The van der Waals surface area contributed by atoms with Crippen molar-refractivity contribution in [1.29, 1.82) is 0 Å². The van der Waals surface area contributed by atoms with Crippen molar-refractivity contribution in [3.63, 3.8) is 0 Å². The van der Waals surface area contributed by atoms with Crippen LogP contribution in [0.25, 0.3) is 6.08 Å². The average molecular weight is 399 g/mol. The molecule has 0 bridgehead atoms. The lowest BCUT2D eigenvalue weighted by Gasteiger charge is -2.10. The molecule has 0 radical (unpaired) electrons. The minimum atomic E-state index is -0.447. The molecule has 0 saturated heterocycles. The molecule has 7 nitrogen and oxygen atoms in total. The normalized spacial score (nSPS) is 10.2. The molecule has 0 aromatic heterocycles. The number of benzene rings is 2. The van der Waals surface area contributed by atoms with Crippen molar-refractivity contribution < 1.29 is 19.1 Å². The maximum absolute atomic E-state index is 12.0. The van der Waals surface area contributed by atoms with E-state index in [0.29, 0.717) is 17.1 Å². The first kappa shape index (κ1) is 20.9. The predicted octanol–water partition coefficient (Wildman–Crippen LogP) is 2.36. The molecule has 8 heteroatoms. The number of thiocarbonyl (C=S) groups is 1. The van der Waals surface area contributed by atoms with Gasteiger partial charge in [0.05, 0.1) is 14.2 Å². The van der Waals surface area contributed by atoms with E-state index in [0.717, 1.165) is 11.1 Å². The molecule has 3 N–H and O–H groups in total. The summed E-state index contributed by atoms with van der Waals surface area (Å²) >= 11 is 4.99. The van der Waals surface area contributed by atoms with Gasteiger partial charge in [0.2, 0.25) is 5.91 Å². The average Bonchev–Trinajstić information content (AvgIpc) is 2.70. The molecule has 0 fully saturated rings. The second-order valence-electron chi connectivity index (χ2n) is 5.71. The van der Waals surface area contributed by atoms with Crippen LogP contribution in [0.15, 0.2) is 48.5 Å². The van der Waals surface area contributed by atoms with Gasteiger partial charge in [0, 0.05) is 11.6 Å². The summed E-state index contributed by atoms with van der Waals surface area (Å²) in [6.07, 6.45) is 2.92. The fourth-order valence-corrected chi connectivity index (χ4v) is 2.36. The largest absolute Gasteiger partial charge is 0.493 e. The first-order valence-electron chi connectivity index (χ1n) is 8.31. The number of hydrogen-bond acceptors (Lipinski definition) is 5. The zero-order chi connectivity index (χ0) is 20.5. The highest BCUT2D eigenvalue weighted by Gasteiger charge is 2.07. The second kappa shape index (κ2) is 10.1. The molecule has 2 aromatic carbocycles. The van der Waals surface area contributed by atoms with Crippen molar-refractivity contribution in [2.24, 2.45) is 0 Å². The molecular formula is C20H21N3O4S. The maximum Gasteiger partial charge on any atom is 0.269 e. The van der Waals surface area contributed by atoms with Gasteiger partial charge in [-0.15, -0.1) is 0 Å². The molecule has 0 heterocycles. The fourth-order valence-electron chi connectivity index (χ4n) is 2.20. The summed E-state index contributed by atoms with van der Waals surface area (Å²) in [7, 11) is 3.08. The summed E-state index contributed by atoms with van der Waals surface area (Å²) in [5, 5.41) is 2.42. The monoisotopic (exact) mass is 399 g/mol. The molecule has 2 aromatic rings. The molecule has 2 rings (SSSR count). The van der Waals surface area contributed by atoms with Gasteiger partial charge in [0.1, 0.15) is 0 Å². The minimum absolute atomic E-state index is 0.0255. The second-order valence-corrected chi connectivity index (χ2v) is 6.12. The lowest BCUT2D eigenvalue weighted by Crippen LogP contribution is -2.48.